The lowest BCUT2D eigenvalue weighted by Gasteiger charge is -2.36. The van der Waals surface area contributed by atoms with E-state index in [4.69, 9.17) is 0 Å². The minimum Gasteiger partial charge on any atom is -0.353 e. The van der Waals surface area contributed by atoms with Crippen molar-refractivity contribution in [3.8, 4) is 0 Å². The number of hydrogen-bond donors (Lipinski definition) is 0. The number of benzene rings is 1. The molecule has 35 heavy (non-hydrogen) atoms. The van der Waals surface area contributed by atoms with Crippen LogP contribution in [0.1, 0.15) is 38.6 Å². The molecular weight excluding hydrogens is 462 g/mol. The number of hydrogen-bond acceptors (Lipinski definition) is 5. The molecule has 3 aromatic rings. The van der Waals surface area contributed by atoms with Crippen LogP contribution < -0.4 is 4.90 Å². The minimum absolute atomic E-state index is 0.0736. The molecule has 0 saturated carbocycles. The van der Waals surface area contributed by atoms with Gasteiger partial charge in [-0.2, -0.15) is 4.31 Å². The Morgan fingerprint density at radius 1 is 0.914 bits per heavy atom. The lowest BCUT2D eigenvalue weighted by Crippen LogP contribution is -2.50. The predicted molar refractivity (Wildman–Crippen MR) is 137 cm³/mol. The van der Waals surface area contributed by atoms with Crippen molar-refractivity contribution in [2.75, 3.05) is 44.2 Å². The van der Waals surface area contributed by atoms with Crippen molar-refractivity contribution in [3.05, 3.63) is 54.9 Å². The van der Waals surface area contributed by atoms with Crippen LogP contribution in [0.2, 0.25) is 0 Å². The first-order valence-electron chi connectivity index (χ1n) is 12.5. The Balaban J connectivity index is 1.30. The number of rotatable bonds is 5. The molecule has 2 aromatic heterocycles. The molecule has 2 aliphatic heterocycles. The highest BCUT2D eigenvalue weighted by molar-refractivity contribution is 7.89. The van der Waals surface area contributed by atoms with Gasteiger partial charge in [-0.15, -0.1) is 0 Å². The van der Waals surface area contributed by atoms with E-state index in [1.807, 2.05) is 52.9 Å². The Bertz CT molecular complexity index is 1270. The van der Waals surface area contributed by atoms with Gasteiger partial charge in [-0.05, 0) is 56.2 Å². The largest absolute Gasteiger partial charge is 0.353 e. The lowest BCUT2D eigenvalue weighted by atomic mass is 10.2. The van der Waals surface area contributed by atoms with Crippen molar-refractivity contribution in [2.24, 2.45) is 0 Å². The Hall–Kier alpha value is -2.91. The van der Waals surface area contributed by atoms with E-state index < -0.39 is 10.0 Å². The Morgan fingerprint density at radius 2 is 1.66 bits per heavy atom. The fourth-order valence-electron chi connectivity index (χ4n) is 5.15. The van der Waals surface area contributed by atoms with Crippen molar-refractivity contribution >= 4 is 32.7 Å². The van der Waals surface area contributed by atoms with Gasteiger partial charge >= 0.3 is 0 Å². The monoisotopic (exact) mass is 495 g/mol. The molecule has 0 radical (unpaired) electrons. The SMILES string of the molecule is C[C@@H](C(=O)N1CCN(c2ccccn2)CC1)n1ccc2cc(S(=O)(=O)N3CCCCCC3)ccc21. The summed E-state index contributed by atoms with van der Waals surface area (Å²) in [6, 6.07) is 12.7. The average Bonchev–Trinajstić information content (AvgIpc) is 3.11. The summed E-state index contributed by atoms with van der Waals surface area (Å²) in [4.78, 5) is 22.2. The highest BCUT2D eigenvalue weighted by Gasteiger charge is 2.28. The van der Waals surface area contributed by atoms with Crippen molar-refractivity contribution in [1.82, 2.24) is 18.8 Å². The highest BCUT2D eigenvalue weighted by Crippen LogP contribution is 2.27. The van der Waals surface area contributed by atoms with Crippen LogP contribution in [0.3, 0.4) is 0 Å². The van der Waals surface area contributed by atoms with Crippen LogP contribution in [0.4, 0.5) is 5.82 Å². The number of fused-ring (bicyclic) bond motifs is 1. The molecule has 4 heterocycles. The summed E-state index contributed by atoms with van der Waals surface area (Å²) in [5.41, 5.74) is 0.868. The number of pyridine rings is 1. The van der Waals surface area contributed by atoms with Gasteiger partial charge < -0.3 is 14.4 Å². The van der Waals surface area contributed by atoms with E-state index >= 15 is 0 Å². The summed E-state index contributed by atoms with van der Waals surface area (Å²) < 4.78 is 30.0. The van der Waals surface area contributed by atoms with Gasteiger partial charge in [0, 0.05) is 62.6 Å². The second kappa shape index (κ2) is 9.99. The van der Waals surface area contributed by atoms with Crippen LogP contribution in [0.15, 0.2) is 59.8 Å². The second-order valence-electron chi connectivity index (χ2n) is 9.44. The number of piperazine rings is 1. The first kappa shape index (κ1) is 23.8. The molecule has 0 unspecified atom stereocenters. The summed E-state index contributed by atoms with van der Waals surface area (Å²) in [5, 5.41) is 0.834. The van der Waals surface area contributed by atoms with Crippen LogP contribution in [-0.2, 0) is 14.8 Å². The van der Waals surface area contributed by atoms with Gasteiger partial charge in [0.25, 0.3) is 0 Å². The lowest BCUT2D eigenvalue weighted by molar-refractivity contribution is -0.134. The smallest absolute Gasteiger partial charge is 0.245 e. The maximum absolute atomic E-state index is 13.3. The van der Waals surface area contributed by atoms with Gasteiger partial charge in [-0.25, -0.2) is 13.4 Å². The quantitative estimate of drug-likeness (QED) is 0.541. The van der Waals surface area contributed by atoms with Crippen LogP contribution in [-0.4, -0.2) is 72.3 Å². The van der Waals surface area contributed by atoms with Crippen LogP contribution in [0, 0.1) is 0 Å². The summed E-state index contributed by atoms with van der Waals surface area (Å²) in [6.07, 6.45) is 7.66. The fraction of sp³-hybridized carbons (Fsp3) is 0.462. The molecule has 0 spiro atoms. The molecule has 1 aromatic carbocycles. The van der Waals surface area contributed by atoms with E-state index in [1.54, 1.807) is 22.6 Å². The van der Waals surface area contributed by atoms with Gasteiger partial charge in [0.2, 0.25) is 15.9 Å². The molecule has 1 amide bonds. The van der Waals surface area contributed by atoms with Gasteiger partial charge in [-0.3, -0.25) is 4.79 Å². The molecule has 0 bridgehead atoms. The van der Waals surface area contributed by atoms with E-state index in [9.17, 15) is 13.2 Å². The first-order valence-corrected chi connectivity index (χ1v) is 13.9. The van der Waals surface area contributed by atoms with E-state index in [1.165, 1.54) is 0 Å². The summed E-state index contributed by atoms with van der Waals surface area (Å²) in [7, 11) is -3.51. The molecule has 2 aliphatic rings. The zero-order valence-electron chi connectivity index (χ0n) is 20.2. The maximum Gasteiger partial charge on any atom is 0.245 e. The van der Waals surface area contributed by atoms with Gasteiger partial charge in [0.05, 0.1) is 4.90 Å². The molecule has 2 fully saturated rings. The third-order valence-electron chi connectivity index (χ3n) is 7.23. The van der Waals surface area contributed by atoms with E-state index in [2.05, 4.69) is 9.88 Å². The highest BCUT2D eigenvalue weighted by atomic mass is 32.2. The summed E-state index contributed by atoms with van der Waals surface area (Å²) in [5.74, 6) is 1.01. The van der Waals surface area contributed by atoms with Crippen molar-refractivity contribution < 1.29 is 13.2 Å². The molecule has 5 rings (SSSR count). The zero-order chi connectivity index (χ0) is 24.4. The number of carbonyl (C=O) groups is 1. The molecule has 1 atom stereocenters. The predicted octanol–water partition coefficient (Wildman–Crippen LogP) is 3.51. The molecule has 9 heteroatoms. The van der Waals surface area contributed by atoms with Crippen LogP contribution in [0.5, 0.6) is 0 Å². The number of nitrogens with zero attached hydrogens (tertiary/aromatic N) is 5. The summed E-state index contributed by atoms with van der Waals surface area (Å²) >= 11 is 0. The second-order valence-corrected chi connectivity index (χ2v) is 11.4. The third kappa shape index (κ3) is 4.79. The molecular formula is C26H33N5O3S. The van der Waals surface area contributed by atoms with E-state index in [0.717, 1.165) is 55.5 Å². The normalized spacial score (nSPS) is 19.0. The number of carbonyl (C=O) groups excluding carboxylic acids is 1. The topological polar surface area (TPSA) is 78.8 Å². The van der Waals surface area contributed by atoms with Gasteiger partial charge in [0.1, 0.15) is 11.9 Å². The van der Waals surface area contributed by atoms with E-state index in [0.29, 0.717) is 31.1 Å². The van der Waals surface area contributed by atoms with Crippen molar-refractivity contribution in [2.45, 2.75) is 43.5 Å². The Morgan fingerprint density at radius 3 is 2.34 bits per heavy atom. The number of sulfonamides is 1. The van der Waals surface area contributed by atoms with Crippen LogP contribution in [0.25, 0.3) is 10.9 Å². The van der Waals surface area contributed by atoms with Crippen molar-refractivity contribution in [3.63, 3.8) is 0 Å². The molecule has 0 N–H and O–H groups in total. The zero-order valence-corrected chi connectivity index (χ0v) is 21.0. The van der Waals surface area contributed by atoms with Crippen LogP contribution >= 0.6 is 0 Å². The Labute approximate surface area is 207 Å². The number of anilines is 1. The molecule has 8 nitrogen and oxygen atoms in total. The standard InChI is InChI=1S/C26H33N5O3S/c1-21(26(32)29-18-16-28(17-19-29)25-8-4-5-12-27-25)31-15-11-22-20-23(9-10-24(22)31)35(33,34)30-13-6-2-3-7-14-30/h4-5,8-12,15,20-21H,2-3,6-7,13-14,16-19H2,1H3/t21-/m0/s1. The van der Waals surface area contributed by atoms with Gasteiger partial charge in [-0.1, -0.05) is 18.9 Å². The summed E-state index contributed by atoms with van der Waals surface area (Å²) in [6.45, 7) is 5.88. The number of aromatic nitrogens is 2. The van der Waals surface area contributed by atoms with E-state index in [-0.39, 0.29) is 11.9 Å². The maximum atomic E-state index is 13.3. The third-order valence-corrected chi connectivity index (χ3v) is 9.13. The molecule has 2 saturated heterocycles. The molecule has 0 aliphatic carbocycles. The minimum atomic E-state index is -3.51. The van der Waals surface area contributed by atoms with Gasteiger partial charge in [0.15, 0.2) is 0 Å². The fourth-order valence-corrected chi connectivity index (χ4v) is 6.70. The first-order chi connectivity index (χ1) is 16.9. The Kier molecular flexibility index (Phi) is 6.80. The van der Waals surface area contributed by atoms with Crippen molar-refractivity contribution in [1.29, 1.82) is 0 Å². The molecule has 186 valence electrons. The average molecular weight is 496 g/mol. The number of amides is 1.